The van der Waals surface area contributed by atoms with Crippen molar-refractivity contribution in [3.05, 3.63) is 23.8 Å². The number of rotatable bonds is 4. The van der Waals surface area contributed by atoms with Gasteiger partial charge >= 0.3 is 0 Å². The molecule has 0 saturated carbocycles. The van der Waals surface area contributed by atoms with Crippen LogP contribution in [0.1, 0.15) is 12.5 Å². The molecule has 0 fully saturated rings. The second-order valence-corrected chi connectivity index (χ2v) is 3.21. The Bertz CT molecular complexity index is 353. The summed E-state index contributed by atoms with van der Waals surface area (Å²) in [5, 5.41) is 2.69. The number of benzene rings is 1. The summed E-state index contributed by atoms with van der Waals surface area (Å²) in [7, 11) is 0. The number of nitrogens with two attached hydrogens (primary N) is 2. The fraction of sp³-hybridized carbons (Fsp3) is 0.300. The molecule has 0 aromatic heterocycles. The largest absolute Gasteiger partial charge is 0.412 e. The highest BCUT2D eigenvalue weighted by molar-refractivity contribution is 5.72. The molecule has 1 amide bonds. The van der Waals surface area contributed by atoms with E-state index in [2.05, 4.69) is 10.2 Å². The van der Waals surface area contributed by atoms with E-state index in [0.29, 0.717) is 24.4 Å². The summed E-state index contributed by atoms with van der Waals surface area (Å²) >= 11 is 0. The van der Waals surface area contributed by atoms with Gasteiger partial charge in [0, 0.05) is 19.2 Å². The van der Waals surface area contributed by atoms with Gasteiger partial charge in [-0.1, -0.05) is 0 Å². The number of carbonyl (C=O) groups excluding carboxylic acids is 1. The van der Waals surface area contributed by atoms with E-state index in [9.17, 15) is 4.79 Å². The zero-order valence-electron chi connectivity index (χ0n) is 8.62. The highest BCUT2D eigenvalue weighted by Crippen LogP contribution is 2.18. The minimum atomic E-state index is -0.0557. The van der Waals surface area contributed by atoms with Crippen LogP contribution in [-0.4, -0.2) is 12.5 Å². The molecule has 1 aromatic carbocycles. The summed E-state index contributed by atoms with van der Waals surface area (Å²) in [4.78, 5) is 15.2. The fourth-order valence-electron chi connectivity index (χ4n) is 1.25. The Hall–Kier alpha value is -1.75. The van der Waals surface area contributed by atoms with Gasteiger partial charge in [-0.2, -0.15) is 5.90 Å². The highest BCUT2D eigenvalue weighted by atomic mass is 16.6. The third-order valence-corrected chi connectivity index (χ3v) is 2.02. The normalized spacial score (nSPS) is 9.73. The molecule has 82 valence electrons. The zero-order valence-corrected chi connectivity index (χ0v) is 8.62. The molecule has 0 bridgehead atoms. The summed E-state index contributed by atoms with van der Waals surface area (Å²) in [5.41, 5.74) is 7.33. The Morgan fingerprint density at radius 2 is 2.27 bits per heavy atom. The summed E-state index contributed by atoms with van der Waals surface area (Å²) < 4.78 is 0. The molecule has 15 heavy (non-hydrogen) atoms. The van der Waals surface area contributed by atoms with Gasteiger partial charge in [0.15, 0.2) is 0 Å². The zero-order chi connectivity index (χ0) is 11.3. The molecule has 0 aliphatic carbocycles. The lowest BCUT2D eigenvalue weighted by atomic mass is 10.1. The van der Waals surface area contributed by atoms with E-state index in [4.69, 9.17) is 11.6 Å². The van der Waals surface area contributed by atoms with E-state index >= 15 is 0 Å². The van der Waals surface area contributed by atoms with Crippen LogP contribution in [0.15, 0.2) is 18.2 Å². The van der Waals surface area contributed by atoms with Crippen molar-refractivity contribution in [1.82, 2.24) is 5.32 Å². The van der Waals surface area contributed by atoms with Crippen LogP contribution >= 0.6 is 0 Å². The van der Waals surface area contributed by atoms with Gasteiger partial charge in [-0.15, -0.1) is 0 Å². The first-order valence-electron chi connectivity index (χ1n) is 4.63. The van der Waals surface area contributed by atoms with Gasteiger partial charge in [0.25, 0.3) is 0 Å². The van der Waals surface area contributed by atoms with Crippen LogP contribution in [0.25, 0.3) is 0 Å². The summed E-state index contributed by atoms with van der Waals surface area (Å²) in [6.07, 6.45) is 0.655. The number of nitrogen functional groups attached to an aromatic ring is 1. The van der Waals surface area contributed by atoms with E-state index in [0.717, 1.165) is 5.56 Å². The molecule has 1 rings (SSSR count). The number of hydrogen-bond acceptors (Lipinski definition) is 4. The molecule has 0 spiro atoms. The Labute approximate surface area is 88.3 Å². The number of carbonyl (C=O) groups is 1. The third kappa shape index (κ3) is 3.47. The fourth-order valence-corrected chi connectivity index (χ4v) is 1.25. The van der Waals surface area contributed by atoms with Crippen LogP contribution in [0, 0.1) is 0 Å². The molecule has 0 radical (unpaired) electrons. The van der Waals surface area contributed by atoms with Crippen LogP contribution in [0.2, 0.25) is 0 Å². The van der Waals surface area contributed by atoms with Crippen molar-refractivity contribution in [3.8, 4) is 5.75 Å². The first-order valence-corrected chi connectivity index (χ1v) is 4.63. The van der Waals surface area contributed by atoms with Crippen molar-refractivity contribution < 1.29 is 9.63 Å². The maximum atomic E-state index is 10.7. The van der Waals surface area contributed by atoms with Crippen LogP contribution in [0.5, 0.6) is 5.75 Å². The van der Waals surface area contributed by atoms with E-state index in [1.165, 1.54) is 6.92 Å². The van der Waals surface area contributed by atoms with Crippen molar-refractivity contribution in [2.75, 3.05) is 12.3 Å². The van der Waals surface area contributed by atoms with Crippen LogP contribution in [0.4, 0.5) is 5.69 Å². The minimum Gasteiger partial charge on any atom is -0.412 e. The summed E-state index contributed by atoms with van der Waals surface area (Å²) in [6, 6.07) is 5.18. The maximum absolute atomic E-state index is 10.7. The Morgan fingerprint density at radius 3 is 2.87 bits per heavy atom. The van der Waals surface area contributed by atoms with E-state index in [1.807, 2.05) is 0 Å². The highest BCUT2D eigenvalue weighted by Gasteiger charge is 2.02. The molecular formula is C10H15N3O2. The average Bonchev–Trinajstić information content (AvgIpc) is 2.20. The van der Waals surface area contributed by atoms with Crippen LogP contribution in [-0.2, 0) is 11.2 Å². The van der Waals surface area contributed by atoms with Crippen molar-refractivity contribution in [1.29, 1.82) is 0 Å². The summed E-state index contributed by atoms with van der Waals surface area (Å²) in [6.45, 7) is 2.02. The molecule has 5 heteroatoms. The molecule has 0 unspecified atom stereocenters. The molecule has 0 aliphatic rings. The van der Waals surface area contributed by atoms with Gasteiger partial charge in [0.1, 0.15) is 5.75 Å². The quantitative estimate of drug-likeness (QED) is 0.488. The molecular weight excluding hydrogens is 194 g/mol. The molecule has 1 aromatic rings. The lowest BCUT2D eigenvalue weighted by molar-refractivity contribution is -0.118. The van der Waals surface area contributed by atoms with Crippen molar-refractivity contribution in [2.24, 2.45) is 5.90 Å². The van der Waals surface area contributed by atoms with Gasteiger partial charge in [-0.05, 0) is 30.2 Å². The average molecular weight is 209 g/mol. The van der Waals surface area contributed by atoms with Gasteiger partial charge < -0.3 is 15.9 Å². The lowest BCUT2D eigenvalue weighted by Gasteiger charge is -2.07. The second kappa shape index (κ2) is 5.21. The van der Waals surface area contributed by atoms with Gasteiger partial charge in [-0.3, -0.25) is 4.79 Å². The molecule has 5 nitrogen and oxygen atoms in total. The molecule has 0 heterocycles. The first-order chi connectivity index (χ1) is 7.13. The monoisotopic (exact) mass is 209 g/mol. The van der Waals surface area contributed by atoms with Crippen molar-refractivity contribution in [3.63, 3.8) is 0 Å². The number of hydrogen-bond donors (Lipinski definition) is 3. The minimum absolute atomic E-state index is 0.0557. The second-order valence-electron chi connectivity index (χ2n) is 3.21. The van der Waals surface area contributed by atoms with E-state index < -0.39 is 0 Å². The molecule has 0 aliphatic heterocycles. The third-order valence-electron chi connectivity index (χ3n) is 2.02. The predicted molar refractivity (Wildman–Crippen MR) is 58.1 cm³/mol. The number of amides is 1. The van der Waals surface area contributed by atoms with E-state index in [1.54, 1.807) is 18.2 Å². The molecule has 5 N–H and O–H groups in total. The maximum Gasteiger partial charge on any atom is 0.216 e. The Morgan fingerprint density at radius 1 is 1.53 bits per heavy atom. The van der Waals surface area contributed by atoms with Gasteiger partial charge in [0.05, 0.1) is 0 Å². The molecule has 0 saturated heterocycles. The SMILES string of the molecule is CC(=O)NCCc1cc(ON)ccc1N. The van der Waals surface area contributed by atoms with Crippen molar-refractivity contribution >= 4 is 11.6 Å². The molecule has 0 atom stereocenters. The van der Waals surface area contributed by atoms with Gasteiger partial charge in [-0.25, -0.2) is 0 Å². The van der Waals surface area contributed by atoms with Crippen molar-refractivity contribution in [2.45, 2.75) is 13.3 Å². The predicted octanol–water partition coefficient (Wildman–Crippen LogP) is 0.200. The number of anilines is 1. The Balaban J connectivity index is 2.62. The van der Waals surface area contributed by atoms with Gasteiger partial charge in [0.2, 0.25) is 5.91 Å². The lowest BCUT2D eigenvalue weighted by Crippen LogP contribution is -2.22. The van der Waals surface area contributed by atoms with E-state index in [-0.39, 0.29) is 5.91 Å². The standard InChI is InChI=1S/C10H15N3O2/c1-7(14)13-5-4-8-6-9(15-12)2-3-10(8)11/h2-3,6H,4-5,11-12H2,1H3,(H,13,14). The topological polar surface area (TPSA) is 90.4 Å². The summed E-state index contributed by atoms with van der Waals surface area (Å²) in [5.74, 6) is 5.54. The Kier molecular flexibility index (Phi) is 3.93. The van der Waals surface area contributed by atoms with Crippen LogP contribution < -0.4 is 21.8 Å². The smallest absolute Gasteiger partial charge is 0.216 e. The number of nitrogens with one attached hydrogen (secondary N) is 1. The first kappa shape index (κ1) is 11.3. The van der Waals surface area contributed by atoms with Crippen LogP contribution in [0.3, 0.4) is 0 Å².